The van der Waals surface area contributed by atoms with Gasteiger partial charge >= 0.3 is 0 Å². The van der Waals surface area contributed by atoms with Crippen molar-refractivity contribution in [2.24, 2.45) is 5.92 Å². The Morgan fingerprint density at radius 2 is 2.17 bits per heavy atom. The molecule has 12 heavy (non-hydrogen) atoms. The van der Waals surface area contributed by atoms with Crippen LogP contribution in [-0.4, -0.2) is 29.6 Å². The number of nitrogens with zero attached hydrogens (tertiary/aromatic N) is 2. The van der Waals surface area contributed by atoms with Crippen LogP contribution in [0.1, 0.15) is 13.8 Å². The third-order valence-electron chi connectivity index (χ3n) is 1.50. The molecular formula is C8H14N2OS. The van der Waals surface area contributed by atoms with Crippen molar-refractivity contribution in [3.8, 4) is 6.07 Å². The van der Waals surface area contributed by atoms with Gasteiger partial charge in [0.1, 0.15) is 0 Å². The van der Waals surface area contributed by atoms with Gasteiger partial charge in [-0.15, -0.1) is 0 Å². The Labute approximate surface area is 78.8 Å². The Kier molecular flexibility index (Phi) is 4.75. The van der Waals surface area contributed by atoms with Crippen molar-refractivity contribution in [1.82, 2.24) is 4.90 Å². The number of carbonyl (C=O) groups excluding carboxylic acids is 1. The second kappa shape index (κ2) is 5.04. The summed E-state index contributed by atoms with van der Waals surface area (Å²) in [6.45, 7) is 3.98. The lowest BCUT2D eigenvalue weighted by Crippen LogP contribution is -2.35. The number of nitriles is 1. The summed E-state index contributed by atoms with van der Waals surface area (Å²) in [5.74, 6) is -0.161. The minimum absolute atomic E-state index is 0.0413. The molecule has 0 bridgehead atoms. The summed E-state index contributed by atoms with van der Waals surface area (Å²) >= 11 is 4.01. The Morgan fingerprint density at radius 1 is 1.67 bits per heavy atom. The van der Waals surface area contributed by atoms with E-state index >= 15 is 0 Å². The van der Waals surface area contributed by atoms with Crippen molar-refractivity contribution >= 4 is 18.5 Å². The average molecular weight is 186 g/mol. The van der Waals surface area contributed by atoms with Crippen molar-refractivity contribution in [1.29, 1.82) is 5.26 Å². The zero-order valence-corrected chi connectivity index (χ0v) is 8.51. The van der Waals surface area contributed by atoms with Gasteiger partial charge in [-0.1, -0.05) is 0 Å². The van der Waals surface area contributed by atoms with Crippen molar-refractivity contribution in [2.75, 3.05) is 13.6 Å². The van der Waals surface area contributed by atoms with Crippen LogP contribution in [-0.2, 0) is 4.79 Å². The predicted octanol–water partition coefficient (Wildman–Crippen LogP) is 0.923. The smallest absolute Gasteiger partial charge is 0.234 e. The van der Waals surface area contributed by atoms with Crippen LogP contribution in [0.5, 0.6) is 0 Å². The summed E-state index contributed by atoms with van der Waals surface area (Å²) in [5.41, 5.74) is 0. The highest BCUT2D eigenvalue weighted by atomic mass is 32.1. The van der Waals surface area contributed by atoms with Gasteiger partial charge in [-0.05, 0) is 13.8 Å². The molecule has 2 unspecified atom stereocenters. The van der Waals surface area contributed by atoms with E-state index < -0.39 is 0 Å². The molecule has 0 aromatic heterocycles. The molecule has 0 heterocycles. The molecule has 3 nitrogen and oxygen atoms in total. The minimum atomic E-state index is -0.291. The first-order valence-electron chi connectivity index (χ1n) is 3.81. The zero-order valence-electron chi connectivity index (χ0n) is 7.61. The maximum absolute atomic E-state index is 11.2. The van der Waals surface area contributed by atoms with E-state index in [9.17, 15) is 4.79 Å². The number of carbonyl (C=O) groups is 1. The number of amides is 1. The molecule has 0 aliphatic carbocycles. The lowest BCUT2D eigenvalue weighted by molar-refractivity contribution is -0.129. The molecule has 4 heteroatoms. The highest BCUT2D eigenvalue weighted by molar-refractivity contribution is 7.81. The Bertz CT molecular complexity index is 198. The van der Waals surface area contributed by atoms with Gasteiger partial charge in [0.05, 0.1) is 17.2 Å². The SMILES string of the molecule is CC(C#N)CN(C)C(=O)C(C)S. The van der Waals surface area contributed by atoms with Crippen LogP contribution in [0.2, 0.25) is 0 Å². The van der Waals surface area contributed by atoms with Crippen LogP contribution in [0.25, 0.3) is 0 Å². The van der Waals surface area contributed by atoms with Crippen LogP contribution in [0.4, 0.5) is 0 Å². The molecule has 68 valence electrons. The van der Waals surface area contributed by atoms with Crippen molar-refractivity contribution < 1.29 is 4.79 Å². The van der Waals surface area contributed by atoms with E-state index in [1.54, 1.807) is 20.9 Å². The second-order valence-electron chi connectivity index (χ2n) is 2.92. The molecule has 0 spiro atoms. The minimum Gasteiger partial charge on any atom is -0.344 e. The van der Waals surface area contributed by atoms with E-state index in [0.29, 0.717) is 6.54 Å². The molecule has 0 fully saturated rings. The van der Waals surface area contributed by atoms with E-state index in [0.717, 1.165) is 0 Å². The molecule has 0 N–H and O–H groups in total. The van der Waals surface area contributed by atoms with E-state index in [1.165, 1.54) is 4.90 Å². The monoisotopic (exact) mass is 186 g/mol. The summed E-state index contributed by atoms with van der Waals surface area (Å²) < 4.78 is 0. The first-order chi connectivity index (χ1) is 5.49. The molecule has 0 aliphatic rings. The maximum Gasteiger partial charge on any atom is 0.234 e. The van der Waals surface area contributed by atoms with E-state index in [-0.39, 0.29) is 17.1 Å². The molecule has 0 radical (unpaired) electrons. The summed E-state index contributed by atoms with van der Waals surface area (Å²) in [6.07, 6.45) is 0. The van der Waals surface area contributed by atoms with Crippen LogP contribution < -0.4 is 0 Å². The third-order valence-corrected chi connectivity index (χ3v) is 1.72. The lowest BCUT2D eigenvalue weighted by Gasteiger charge is -2.19. The van der Waals surface area contributed by atoms with Gasteiger partial charge in [0.15, 0.2) is 0 Å². The van der Waals surface area contributed by atoms with Gasteiger partial charge in [0.25, 0.3) is 0 Å². The number of hydrogen-bond acceptors (Lipinski definition) is 3. The van der Waals surface area contributed by atoms with Crippen LogP contribution in [0.3, 0.4) is 0 Å². The van der Waals surface area contributed by atoms with Gasteiger partial charge in [0, 0.05) is 13.6 Å². The van der Waals surface area contributed by atoms with Crippen LogP contribution >= 0.6 is 12.6 Å². The van der Waals surface area contributed by atoms with E-state index in [2.05, 4.69) is 18.7 Å². The molecular weight excluding hydrogens is 172 g/mol. The molecule has 0 saturated heterocycles. The van der Waals surface area contributed by atoms with Crippen molar-refractivity contribution in [2.45, 2.75) is 19.1 Å². The standard InChI is InChI=1S/C8H14N2OS/c1-6(4-9)5-10(3)8(11)7(2)12/h6-7,12H,5H2,1-3H3. The molecule has 1 amide bonds. The zero-order chi connectivity index (χ0) is 9.72. The maximum atomic E-state index is 11.2. The summed E-state index contributed by atoms with van der Waals surface area (Å²) in [6, 6.07) is 2.07. The molecule has 0 saturated carbocycles. The summed E-state index contributed by atoms with van der Waals surface area (Å²) in [5, 5.41) is 8.21. The number of hydrogen-bond donors (Lipinski definition) is 1. The quantitative estimate of drug-likeness (QED) is 0.666. The van der Waals surface area contributed by atoms with Crippen LogP contribution in [0.15, 0.2) is 0 Å². The Morgan fingerprint density at radius 3 is 2.50 bits per heavy atom. The molecule has 0 rings (SSSR count). The Hall–Kier alpha value is -0.690. The molecule has 0 aromatic carbocycles. The fourth-order valence-corrected chi connectivity index (χ4v) is 1.06. The van der Waals surface area contributed by atoms with Gasteiger partial charge in [0.2, 0.25) is 5.91 Å². The number of thiol groups is 1. The van der Waals surface area contributed by atoms with Gasteiger partial charge in [-0.25, -0.2) is 0 Å². The third kappa shape index (κ3) is 3.63. The fraction of sp³-hybridized carbons (Fsp3) is 0.750. The second-order valence-corrected chi connectivity index (χ2v) is 3.70. The average Bonchev–Trinajstić information content (AvgIpc) is 2.02. The highest BCUT2D eigenvalue weighted by Gasteiger charge is 2.15. The van der Waals surface area contributed by atoms with Crippen molar-refractivity contribution in [3.63, 3.8) is 0 Å². The first kappa shape index (κ1) is 11.3. The predicted molar refractivity (Wildman–Crippen MR) is 50.9 cm³/mol. The van der Waals surface area contributed by atoms with Gasteiger partial charge < -0.3 is 4.90 Å². The fourth-order valence-electron chi connectivity index (χ4n) is 0.861. The first-order valence-corrected chi connectivity index (χ1v) is 4.33. The van der Waals surface area contributed by atoms with Gasteiger partial charge in [-0.2, -0.15) is 17.9 Å². The molecule has 0 aliphatic heterocycles. The summed E-state index contributed by atoms with van der Waals surface area (Å²) in [7, 11) is 1.68. The van der Waals surface area contributed by atoms with Crippen molar-refractivity contribution in [3.05, 3.63) is 0 Å². The number of rotatable bonds is 3. The topological polar surface area (TPSA) is 44.1 Å². The Balaban J connectivity index is 3.97. The highest BCUT2D eigenvalue weighted by Crippen LogP contribution is 2.02. The normalized spacial score (nSPS) is 14.6. The molecule has 2 atom stereocenters. The largest absolute Gasteiger partial charge is 0.344 e. The lowest BCUT2D eigenvalue weighted by atomic mass is 10.2. The van der Waals surface area contributed by atoms with Gasteiger partial charge in [-0.3, -0.25) is 4.79 Å². The summed E-state index contributed by atoms with van der Waals surface area (Å²) in [4.78, 5) is 12.8. The van der Waals surface area contributed by atoms with Crippen LogP contribution in [0, 0.1) is 17.2 Å². The van der Waals surface area contributed by atoms with E-state index in [4.69, 9.17) is 5.26 Å². The molecule has 0 aromatic rings. The van der Waals surface area contributed by atoms with E-state index in [1.807, 2.05) is 0 Å².